The number of nitrogens with zero attached hydrogens (tertiary/aromatic N) is 2. The fourth-order valence-electron chi connectivity index (χ4n) is 7.71. The maximum Gasteiger partial charge on any atom is 0.227 e. The van der Waals surface area contributed by atoms with Gasteiger partial charge in [0.2, 0.25) is 5.89 Å². The molecule has 0 bridgehead atoms. The zero-order valence-corrected chi connectivity index (χ0v) is 30.3. The molecular formula is C49H31N3O2S. The highest BCUT2D eigenvalue weighted by Gasteiger charge is 2.27. The maximum atomic E-state index is 6.81. The molecule has 0 amide bonds. The quantitative estimate of drug-likeness (QED) is 0.177. The molecule has 0 saturated carbocycles. The first kappa shape index (κ1) is 31.4. The molecule has 5 nitrogen and oxygen atoms in total. The van der Waals surface area contributed by atoms with Gasteiger partial charge in [0.25, 0.3) is 0 Å². The van der Waals surface area contributed by atoms with Crippen LogP contribution in [0.4, 0.5) is 28.4 Å². The van der Waals surface area contributed by atoms with Gasteiger partial charge in [0.1, 0.15) is 16.8 Å². The van der Waals surface area contributed by atoms with Crippen LogP contribution in [0.3, 0.4) is 0 Å². The second-order valence-corrected chi connectivity index (χ2v) is 14.7. The third-order valence-corrected chi connectivity index (χ3v) is 11.4. The van der Waals surface area contributed by atoms with E-state index in [1.165, 1.54) is 20.2 Å². The van der Waals surface area contributed by atoms with E-state index in [1.54, 1.807) is 0 Å². The topological polar surface area (TPSA) is 54.4 Å². The molecule has 0 unspecified atom stereocenters. The van der Waals surface area contributed by atoms with E-state index in [0.717, 1.165) is 72.6 Å². The predicted octanol–water partition coefficient (Wildman–Crippen LogP) is 14.6. The van der Waals surface area contributed by atoms with Gasteiger partial charge in [-0.15, -0.1) is 11.3 Å². The van der Waals surface area contributed by atoms with E-state index >= 15 is 0 Å². The third kappa shape index (κ3) is 5.34. The molecule has 0 atom stereocenters. The fourth-order valence-corrected chi connectivity index (χ4v) is 8.79. The molecule has 0 aliphatic carbocycles. The van der Waals surface area contributed by atoms with Crippen LogP contribution in [-0.2, 0) is 0 Å². The molecule has 11 rings (SSSR count). The van der Waals surface area contributed by atoms with Gasteiger partial charge < -0.3 is 19.1 Å². The number of hydrogen-bond acceptors (Lipinski definition) is 6. The molecule has 3 heterocycles. The summed E-state index contributed by atoms with van der Waals surface area (Å²) in [7, 11) is 0. The fraction of sp³-hybridized carbons (Fsp3) is 0. The Morgan fingerprint density at radius 3 is 2.04 bits per heavy atom. The molecule has 260 valence electrons. The number of furan rings is 1. The summed E-state index contributed by atoms with van der Waals surface area (Å²) in [5.41, 5.74) is 11.0. The van der Waals surface area contributed by atoms with Gasteiger partial charge in [-0.05, 0) is 84.4 Å². The van der Waals surface area contributed by atoms with Gasteiger partial charge >= 0.3 is 0 Å². The molecule has 8 aromatic carbocycles. The van der Waals surface area contributed by atoms with Gasteiger partial charge in [0, 0.05) is 64.8 Å². The number of benzene rings is 8. The van der Waals surface area contributed by atoms with Crippen LogP contribution in [0.25, 0.3) is 75.8 Å². The van der Waals surface area contributed by atoms with E-state index in [2.05, 4.69) is 125 Å². The molecule has 0 fully saturated rings. The molecule has 0 spiro atoms. The number of para-hydroxylation sites is 3. The zero-order chi connectivity index (χ0) is 36.3. The summed E-state index contributed by atoms with van der Waals surface area (Å²) < 4.78 is 15.9. The number of hydrogen-bond donors (Lipinski definition) is 1. The summed E-state index contributed by atoms with van der Waals surface area (Å²) in [6.45, 7) is 0. The molecule has 11 aromatic rings. The number of oxazole rings is 1. The van der Waals surface area contributed by atoms with E-state index in [1.807, 2.05) is 78.1 Å². The molecule has 6 heteroatoms. The smallest absolute Gasteiger partial charge is 0.227 e. The minimum Gasteiger partial charge on any atom is -0.454 e. The maximum absolute atomic E-state index is 6.81. The first-order valence-corrected chi connectivity index (χ1v) is 19.1. The molecule has 0 aliphatic heterocycles. The van der Waals surface area contributed by atoms with Crippen molar-refractivity contribution < 1.29 is 8.83 Å². The summed E-state index contributed by atoms with van der Waals surface area (Å²) in [5, 5.41) is 8.06. The molecule has 0 saturated heterocycles. The predicted molar refractivity (Wildman–Crippen MR) is 229 cm³/mol. The Morgan fingerprint density at radius 2 is 1.18 bits per heavy atom. The Balaban J connectivity index is 1.16. The van der Waals surface area contributed by atoms with Crippen LogP contribution < -0.4 is 10.2 Å². The van der Waals surface area contributed by atoms with E-state index in [0.29, 0.717) is 11.5 Å². The van der Waals surface area contributed by atoms with Crippen molar-refractivity contribution in [2.75, 3.05) is 10.2 Å². The van der Waals surface area contributed by atoms with Gasteiger partial charge in [-0.2, -0.15) is 0 Å². The van der Waals surface area contributed by atoms with Gasteiger partial charge in [-0.25, -0.2) is 4.98 Å². The summed E-state index contributed by atoms with van der Waals surface area (Å²) >= 11 is 1.81. The average Bonchev–Trinajstić information content (AvgIpc) is 3.95. The van der Waals surface area contributed by atoms with Crippen LogP contribution in [-0.4, -0.2) is 4.98 Å². The SMILES string of the molecule is c1ccc(Nc2ccccc2-c2ccc(N(c3ccc4sc5ccccc5c4c3)c3c4nc(-c5ccccc5)oc4cc4c3oc3ccccc34)cc2)cc1. The monoisotopic (exact) mass is 725 g/mol. The number of thiophene rings is 1. The number of aromatic nitrogens is 1. The van der Waals surface area contributed by atoms with Gasteiger partial charge in [-0.1, -0.05) is 103 Å². The number of anilines is 5. The normalized spacial score (nSPS) is 11.6. The van der Waals surface area contributed by atoms with Gasteiger partial charge in [-0.3, -0.25) is 0 Å². The lowest BCUT2D eigenvalue weighted by Gasteiger charge is -2.26. The highest BCUT2D eigenvalue weighted by molar-refractivity contribution is 7.25. The average molecular weight is 726 g/mol. The van der Waals surface area contributed by atoms with Gasteiger partial charge in [0.15, 0.2) is 11.2 Å². The minimum absolute atomic E-state index is 0.561. The van der Waals surface area contributed by atoms with Crippen molar-refractivity contribution in [2.24, 2.45) is 0 Å². The second kappa shape index (κ2) is 12.8. The first-order chi connectivity index (χ1) is 27.2. The first-order valence-electron chi connectivity index (χ1n) is 18.3. The van der Waals surface area contributed by atoms with E-state index < -0.39 is 0 Å². The lowest BCUT2D eigenvalue weighted by atomic mass is 10.0. The number of nitrogens with one attached hydrogen (secondary N) is 1. The summed E-state index contributed by atoms with van der Waals surface area (Å²) in [5.74, 6) is 0.561. The van der Waals surface area contributed by atoms with Crippen LogP contribution in [0, 0.1) is 0 Å². The molecule has 3 aromatic heterocycles. The van der Waals surface area contributed by atoms with Crippen molar-refractivity contribution in [3.05, 3.63) is 182 Å². The largest absolute Gasteiger partial charge is 0.454 e. The molecule has 0 aliphatic rings. The molecule has 1 N–H and O–H groups in total. The lowest BCUT2D eigenvalue weighted by Crippen LogP contribution is -2.11. The van der Waals surface area contributed by atoms with Crippen molar-refractivity contribution in [3.63, 3.8) is 0 Å². The molecular weight excluding hydrogens is 695 g/mol. The Labute approximate surface area is 320 Å². The number of fused-ring (bicyclic) bond motifs is 7. The number of rotatable bonds is 7. The zero-order valence-electron chi connectivity index (χ0n) is 29.4. The van der Waals surface area contributed by atoms with Crippen LogP contribution in [0.1, 0.15) is 0 Å². The van der Waals surface area contributed by atoms with Crippen molar-refractivity contribution >= 4 is 93.0 Å². The van der Waals surface area contributed by atoms with Crippen molar-refractivity contribution in [3.8, 4) is 22.6 Å². The Morgan fingerprint density at radius 1 is 0.491 bits per heavy atom. The van der Waals surface area contributed by atoms with Gasteiger partial charge in [0.05, 0.1) is 0 Å². The molecule has 55 heavy (non-hydrogen) atoms. The highest BCUT2D eigenvalue weighted by atomic mass is 32.1. The van der Waals surface area contributed by atoms with E-state index in [9.17, 15) is 0 Å². The van der Waals surface area contributed by atoms with Crippen LogP contribution in [0.15, 0.2) is 191 Å². The van der Waals surface area contributed by atoms with Crippen molar-refractivity contribution in [1.82, 2.24) is 4.98 Å². The van der Waals surface area contributed by atoms with Crippen LogP contribution >= 0.6 is 11.3 Å². The summed E-state index contributed by atoms with van der Waals surface area (Å²) in [6.07, 6.45) is 0. The standard InChI is InChI=1S/C49H31N3O2S/c1-3-13-32(14-4-1)49-51-46-43(54-49)30-40-37-18-8-11-21-42(37)53-48(40)47(46)52(35-27-28-45-39(29-35)38-19-9-12-22-44(38)55-45)34-25-23-31(24-26-34)36-17-7-10-20-41(36)50-33-15-5-2-6-16-33/h1-30,50H. The lowest BCUT2D eigenvalue weighted by molar-refractivity contribution is 0.620. The van der Waals surface area contributed by atoms with Crippen molar-refractivity contribution in [1.29, 1.82) is 0 Å². The molecule has 0 radical (unpaired) electrons. The highest BCUT2D eigenvalue weighted by Crippen LogP contribution is 2.48. The van der Waals surface area contributed by atoms with Crippen LogP contribution in [0.5, 0.6) is 0 Å². The Bertz CT molecular complexity index is 3180. The minimum atomic E-state index is 0.561. The van der Waals surface area contributed by atoms with E-state index in [-0.39, 0.29) is 0 Å². The van der Waals surface area contributed by atoms with Crippen LogP contribution in [0.2, 0.25) is 0 Å². The summed E-state index contributed by atoms with van der Waals surface area (Å²) in [4.78, 5) is 7.51. The third-order valence-electron chi connectivity index (χ3n) is 10.3. The second-order valence-electron chi connectivity index (χ2n) is 13.6. The van der Waals surface area contributed by atoms with E-state index in [4.69, 9.17) is 13.8 Å². The Kier molecular flexibility index (Phi) is 7.28. The van der Waals surface area contributed by atoms with Crippen molar-refractivity contribution in [2.45, 2.75) is 0 Å². The summed E-state index contributed by atoms with van der Waals surface area (Å²) in [6, 6.07) is 63.2. The Hall–Kier alpha value is -7.15.